The predicted octanol–water partition coefficient (Wildman–Crippen LogP) is 0.243. The fourth-order valence-electron chi connectivity index (χ4n) is 3.29. The molecule has 0 radical (unpaired) electrons. The smallest absolute Gasteiger partial charge is 0.275 e. The van der Waals surface area contributed by atoms with Crippen LogP contribution in [0.2, 0.25) is 0 Å². The Balaban J connectivity index is 1.40. The molecule has 0 aliphatic carbocycles. The molecule has 11 heteroatoms. The van der Waals surface area contributed by atoms with Gasteiger partial charge in [0, 0.05) is 38.3 Å². The first kappa shape index (κ1) is 18.7. The molecule has 3 aromatic rings. The molecular weight excluding hydrogens is 379 g/mol. The van der Waals surface area contributed by atoms with Gasteiger partial charge in [0.05, 0.1) is 12.2 Å². The number of carbonyl (C=O) groups is 2. The Kier molecular flexibility index (Phi) is 5.02. The lowest BCUT2D eigenvalue weighted by Gasteiger charge is -2.26. The fraction of sp³-hybridized carbons (Fsp3) is 0.333. The summed E-state index contributed by atoms with van der Waals surface area (Å²) in [5.74, 6) is -0.667. The van der Waals surface area contributed by atoms with E-state index in [0.29, 0.717) is 37.3 Å². The molecular formula is C18H19FN8O2. The third-order valence-electron chi connectivity index (χ3n) is 4.84. The lowest BCUT2D eigenvalue weighted by Crippen LogP contribution is -2.37. The maximum atomic E-state index is 13.9. The first-order chi connectivity index (χ1) is 14.0. The van der Waals surface area contributed by atoms with E-state index in [1.807, 2.05) is 0 Å². The predicted molar refractivity (Wildman–Crippen MR) is 98.3 cm³/mol. The number of aromatic amines is 1. The number of rotatable bonds is 5. The summed E-state index contributed by atoms with van der Waals surface area (Å²) in [6.45, 7) is 0.959. The zero-order valence-electron chi connectivity index (χ0n) is 15.7. The van der Waals surface area contributed by atoms with Crippen LogP contribution in [0, 0.1) is 5.82 Å². The molecule has 0 spiro atoms. The van der Waals surface area contributed by atoms with Crippen molar-refractivity contribution in [2.45, 2.75) is 19.4 Å². The number of halogens is 1. The number of pyridine rings is 1. The van der Waals surface area contributed by atoms with Gasteiger partial charge in [-0.2, -0.15) is 10.2 Å². The summed E-state index contributed by atoms with van der Waals surface area (Å²) in [5, 5.41) is 13.8. The molecule has 10 nitrogen and oxygen atoms in total. The number of nitrogens with zero attached hydrogens (tertiary/aromatic N) is 6. The van der Waals surface area contributed by atoms with Crippen LogP contribution in [0.25, 0.3) is 0 Å². The molecule has 2 N–H and O–H groups in total. The Morgan fingerprint density at radius 3 is 2.93 bits per heavy atom. The SMILES string of the molecule is Cn1ncnc1CCNC(=O)c1n[nH]c2c1CCN(C(=O)c1ncccc1F)C2. The van der Waals surface area contributed by atoms with Crippen LogP contribution in [0.5, 0.6) is 0 Å². The number of amides is 2. The topological polar surface area (TPSA) is 122 Å². The second kappa shape index (κ2) is 7.78. The van der Waals surface area contributed by atoms with Gasteiger partial charge in [-0.05, 0) is 18.6 Å². The van der Waals surface area contributed by atoms with Gasteiger partial charge in [0.25, 0.3) is 11.8 Å². The van der Waals surface area contributed by atoms with Gasteiger partial charge in [-0.1, -0.05) is 0 Å². The number of nitrogens with one attached hydrogen (secondary N) is 2. The number of H-pyrrole nitrogens is 1. The highest BCUT2D eigenvalue weighted by molar-refractivity contribution is 5.95. The summed E-state index contributed by atoms with van der Waals surface area (Å²) in [6.07, 6.45) is 3.83. The van der Waals surface area contributed by atoms with Crippen LogP contribution >= 0.6 is 0 Å². The molecule has 0 saturated heterocycles. The molecule has 2 amide bonds. The molecule has 150 valence electrons. The molecule has 3 aromatic heterocycles. The van der Waals surface area contributed by atoms with Crippen LogP contribution in [0.4, 0.5) is 4.39 Å². The summed E-state index contributed by atoms with van der Waals surface area (Å²) in [4.78, 5) is 34.5. The Bertz CT molecular complexity index is 1060. The minimum atomic E-state index is -0.657. The monoisotopic (exact) mass is 398 g/mol. The zero-order chi connectivity index (χ0) is 20.4. The Hall–Kier alpha value is -3.63. The number of hydrogen-bond donors (Lipinski definition) is 2. The van der Waals surface area contributed by atoms with Crippen molar-refractivity contribution in [3.8, 4) is 0 Å². The molecule has 0 bridgehead atoms. The number of carbonyl (C=O) groups excluding carboxylic acids is 2. The Labute approximate surface area is 165 Å². The standard InChI is InChI=1S/C18H19FN8O2/c1-26-14(22-10-23-26)4-7-21-17(28)15-11-5-8-27(9-13(11)24-25-15)18(29)16-12(19)3-2-6-20-16/h2-3,6,10H,4-5,7-9H2,1H3,(H,21,28)(H,24,25). The molecule has 0 fully saturated rings. The zero-order valence-corrected chi connectivity index (χ0v) is 15.7. The first-order valence-electron chi connectivity index (χ1n) is 9.11. The Morgan fingerprint density at radius 2 is 2.17 bits per heavy atom. The minimum absolute atomic E-state index is 0.211. The highest BCUT2D eigenvalue weighted by atomic mass is 19.1. The molecule has 0 atom stereocenters. The van der Waals surface area contributed by atoms with Gasteiger partial charge >= 0.3 is 0 Å². The van der Waals surface area contributed by atoms with E-state index in [1.54, 1.807) is 11.7 Å². The van der Waals surface area contributed by atoms with Crippen LogP contribution in [0.15, 0.2) is 24.7 Å². The van der Waals surface area contributed by atoms with Crippen molar-refractivity contribution >= 4 is 11.8 Å². The molecule has 4 rings (SSSR count). The van der Waals surface area contributed by atoms with E-state index < -0.39 is 11.7 Å². The quantitative estimate of drug-likeness (QED) is 0.635. The van der Waals surface area contributed by atoms with Crippen molar-refractivity contribution in [2.24, 2.45) is 7.05 Å². The number of fused-ring (bicyclic) bond motifs is 1. The third kappa shape index (κ3) is 3.71. The van der Waals surface area contributed by atoms with Crippen LogP contribution in [-0.2, 0) is 26.4 Å². The van der Waals surface area contributed by atoms with Crippen molar-refractivity contribution in [1.29, 1.82) is 0 Å². The number of hydrogen-bond acceptors (Lipinski definition) is 6. The molecule has 1 aliphatic rings. The van der Waals surface area contributed by atoms with E-state index in [0.717, 1.165) is 11.4 Å². The van der Waals surface area contributed by atoms with Crippen LogP contribution < -0.4 is 5.32 Å². The Morgan fingerprint density at radius 1 is 1.31 bits per heavy atom. The number of aryl methyl sites for hydroxylation is 1. The van der Waals surface area contributed by atoms with Gasteiger partial charge in [0.1, 0.15) is 12.2 Å². The maximum Gasteiger partial charge on any atom is 0.275 e. The van der Waals surface area contributed by atoms with Gasteiger partial charge in [-0.3, -0.25) is 19.4 Å². The average molecular weight is 398 g/mol. The second-order valence-electron chi connectivity index (χ2n) is 6.65. The highest BCUT2D eigenvalue weighted by Gasteiger charge is 2.29. The summed E-state index contributed by atoms with van der Waals surface area (Å²) >= 11 is 0. The summed E-state index contributed by atoms with van der Waals surface area (Å²) in [6, 6.07) is 2.64. The first-order valence-corrected chi connectivity index (χ1v) is 9.11. The van der Waals surface area contributed by atoms with Gasteiger partial charge in [-0.25, -0.2) is 14.4 Å². The molecule has 1 aliphatic heterocycles. The molecule has 29 heavy (non-hydrogen) atoms. The lowest BCUT2D eigenvalue weighted by molar-refractivity contribution is 0.0721. The third-order valence-corrected chi connectivity index (χ3v) is 4.84. The normalized spacial score (nSPS) is 13.2. The van der Waals surface area contributed by atoms with Gasteiger partial charge in [-0.15, -0.1) is 0 Å². The lowest BCUT2D eigenvalue weighted by atomic mass is 10.0. The van der Waals surface area contributed by atoms with E-state index in [9.17, 15) is 14.0 Å². The van der Waals surface area contributed by atoms with Crippen molar-refractivity contribution in [3.63, 3.8) is 0 Å². The largest absolute Gasteiger partial charge is 0.350 e. The van der Waals surface area contributed by atoms with Gasteiger partial charge in [0.15, 0.2) is 17.2 Å². The highest BCUT2D eigenvalue weighted by Crippen LogP contribution is 2.22. The minimum Gasteiger partial charge on any atom is -0.350 e. The van der Waals surface area contributed by atoms with E-state index in [2.05, 4.69) is 30.6 Å². The van der Waals surface area contributed by atoms with Crippen LogP contribution in [0.3, 0.4) is 0 Å². The summed E-state index contributed by atoms with van der Waals surface area (Å²) in [5.41, 5.74) is 1.54. The maximum absolute atomic E-state index is 13.9. The van der Waals surface area contributed by atoms with Gasteiger partial charge < -0.3 is 10.2 Å². The van der Waals surface area contributed by atoms with E-state index in [4.69, 9.17) is 0 Å². The molecule has 4 heterocycles. The molecule has 0 unspecified atom stereocenters. The van der Waals surface area contributed by atoms with Crippen molar-refractivity contribution in [2.75, 3.05) is 13.1 Å². The number of aromatic nitrogens is 6. The summed E-state index contributed by atoms with van der Waals surface area (Å²) < 4.78 is 15.5. The van der Waals surface area contributed by atoms with Crippen molar-refractivity contribution < 1.29 is 14.0 Å². The summed E-state index contributed by atoms with van der Waals surface area (Å²) in [7, 11) is 1.79. The van der Waals surface area contributed by atoms with Crippen molar-refractivity contribution in [1.82, 2.24) is 40.2 Å². The second-order valence-corrected chi connectivity index (χ2v) is 6.65. The molecule has 0 aromatic carbocycles. The van der Waals surface area contributed by atoms with E-state index in [1.165, 1.54) is 29.6 Å². The van der Waals surface area contributed by atoms with E-state index in [-0.39, 0.29) is 18.1 Å². The average Bonchev–Trinajstić information content (AvgIpc) is 3.33. The molecule has 0 saturated carbocycles. The van der Waals surface area contributed by atoms with E-state index >= 15 is 0 Å². The van der Waals surface area contributed by atoms with Gasteiger partial charge in [0.2, 0.25) is 0 Å². The fourth-order valence-corrected chi connectivity index (χ4v) is 3.29. The van der Waals surface area contributed by atoms with Crippen LogP contribution in [-0.4, -0.2) is 59.7 Å². The van der Waals surface area contributed by atoms with Crippen LogP contribution in [0.1, 0.15) is 38.1 Å². The van der Waals surface area contributed by atoms with Crippen molar-refractivity contribution in [3.05, 3.63) is 58.9 Å².